The maximum Gasteiger partial charge on any atom is 0.297 e. The molecule has 0 saturated carbocycles. The Morgan fingerprint density at radius 3 is 2.79 bits per heavy atom. The third-order valence-corrected chi connectivity index (χ3v) is 4.73. The molecule has 1 fully saturated rings. The summed E-state index contributed by atoms with van der Waals surface area (Å²) in [5, 5.41) is 11.9. The Bertz CT molecular complexity index is 1070. The van der Waals surface area contributed by atoms with Gasteiger partial charge in [-0.25, -0.2) is 14.6 Å². The third kappa shape index (κ3) is 3.85. The number of nitrogens with one attached hydrogen (secondary N) is 1. The Morgan fingerprint density at radius 1 is 1.07 bits per heavy atom. The minimum atomic E-state index is 0.284. The highest BCUT2D eigenvalue weighted by molar-refractivity contribution is 5.56. The van der Waals surface area contributed by atoms with Gasteiger partial charge in [0, 0.05) is 24.4 Å². The van der Waals surface area contributed by atoms with E-state index in [9.17, 15) is 0 Å². The molecule has 3 aromatic heterocycles. The minimum Gasteiger partial charge on any atom is -0.439 e. The van der Waals surface area contributed by atoms with E-state index in [0.717, 1.165) is 37.2 Å². The second-order valence-electron chi connectivity index (χ2n) is 6.77. The summed E-state index contributed by atoms with van der Waals surface area (Å²) in [4.78, 5) is 13.0. The van der Waals surface area contributed by atoms with Crippen molar-refractivity contribution in [3.63, 3.8) is 0 Å². The van der Waals surface area contributed by atoms with E-state index in [4.69, 9.17) is 9.26 Å². The summed E-state index contributed by atoms with van der Waals surface area (Å²) >= 11 is 0. The predicted octanol–water partition coefficient (Wildman–Crippen LogP) is 3.11. The van der Waals surface area contributed by atoms with Gasteiger partial charge in [0.15, 0.2) is 0 Å². The van der Waals surface area contributed by atoms with E-state index in [1.807, 2.05) is 41.1 Å². The summed E-state index contributed by atoms with van der Waals surface area (Å²) in [7, 11) is 0. The Balaban J connectivity index is 1.30. The Kier molecular flexibility index (Phi) is 4.71. The number of hydrogen-bond acceptors (Lipinski definition) is 8. The number of para-hydroxylation sites is 1. The lowest BCUT2D eigenvalue weighted by Crippen LogP contribution is -2.31. The van der Waals surface area contributed by atoms with Crippen LogP contribution in [0.25, 0.3) is 23.1 Å². The van der Waals surface area contributed by atoms with Crippen molar-refractivity contribution < 1.29 is 9.26 Å². The van der Waals surface area contributed by atoms with Gasteiger partial charge in [0.05, 0.1) is 6.04 Å². The van der Waals surface area contributed by atoms with Crippen LogP contribution in [0.1, 0.15) is 18.9 Å². The molecule has 0 aliphatic carbocycles. The molecule has 1 N–H and O–H groups in total. The second-order valence-corrected chi connectivity index (χ2v) is 6.77. The van der Waals surface area contributed by atoms with Crippen molar-refractivity contribution >= 4 is 0 Å². The molecule has 1 aliphatic heterocycles. The summed E-state index contributed by atoms with van der Waals surface area (Å²) in [5.74, 6) is 2.35. The van der Waals surface area contributed by atoms with Gasteiger partial charge in [-0.2, -0.15) is 4.98 Å². The van der Waals surface area contributed by atoms with Crippen LogP contribution in [0.15, 0.2) is 59.5 Å². The van der Waals surface area contributed by atoms with Crippen molar-refractivity contribution in [2.45, 2.75) is 18.9 Å². The Hall–Kier alpha value is -3.59. The van der Waals surface area contributed by atoms with Crippen molar-refractivity contribution in [3.05, 3.63) is 55.0 Å². The molecule has 29 heavy (non-hydrogen) atoms. The molecule has 1 unspecified atom stereocenters. The molecular formula is C20H19N7O2. The molecule has 9 nitrogen and oxygen atoms in total. The van der Waals surface area contributed by atoms with Crippen molar-refractivity contribution in [2.24, 2.45) is 0 Å². The highest BCUT2D eigenvalue weighted by Gasteiger charge is 2.19. The summed E-state index contributed by atoms with van der Waals surface area (Å²) < 4.78 is 12.9. The van der Waals surface area contributed by atoms with E-state index in [2.05, 4.69) is 30.5 Å². The van der Waals surface area contributed by atoms with Crippen LogP contribution in [0.3, 0.4) is 0 Å². The fourth-order valence-electron chi connectivity index (χ4n) is 3.22. The van der Waals surface area contributed by atoms with Gasteiger partial charge in [0.1, 0.15) is 12.1 Å². The first kappa shape index (κ1) is 17.5. The number of piperidine rings is 1. The van der Waals surface area contributed by atoms with Gasteiger partial charge in [-0.05, 0) is 37.6 Å². The van der Waals surface area contributed by atoms with Gasteiger partial charge >= 0.3 is 0 Å². The standard InChI is InChI=1S/C20H19N7O2/c1-2-6-16(7-3-1)28-17-9-8-14(11-22-17)18-24-20(29-26-18)19-23-13-27(25-19)15-5-4-10-21-12-15/h1-3,6-9,11,13,15,21H,4-5,10,12H2. The van der Waals surface area contributed by atoms with Crippen LogP contribution in [0.2, 0.25) is 0 Å². The van der Waals surface area contributed by atoms with Gasteiger partial charge < -0.3 is 14.6 Å². The molecule has 1 aromatic carbocycles. The smallest absolute Gasteiger partial charge is 0.297 e. The van der Waals surface area contributed by atoms with Crippen LogP contribution in [-0.4, -0.2) is 43.0 Å². The zero-order valence-corrected chi connectivity index (χ0v) is 15.6. The van der Waals surface area contributed by atoms with Gasteiger partial charge in [-0.1, -0.05) is 23.4 Å². The molecule has 0 amide bonds. The number of benzene rings is 1. The molecule has 0 radical (unpaired) electrons. The number of pyridine rings is 1. The van der Waals surface area contributed by atoms with E-state index in [1.54, 1.807) is 18.6 Å². The number of aromatic nitrogens is 6. The third-order valence-electron chi connectivity index (χ3n) is 4.73. The molecule has 146 valence electrons. The van der Waals surface area contributed by atoms with E-state index in [0.29, 0.717) is 23.6 Å². The first-order valence-corrected chi connectivity index (χ1v) is 9.50. The molecule has 1 aliphatic rings. The fraction of sp³-hybridized carbons (Fsp3) is 0.250. The summed E-state index contributed by atoms with van der Waals surface area (Å²) in [6.07, 6.45) is 5.57. The molecule has 1 atom stereocenters. The van der Waals surface area contributed by atoms with Gasteiger partial charge in [-0.3, -0.25) is 0 Å². The maximum atomic E-state index is 5.70. The van der Waals surface area contributed by atoms with Crippen molar-refractivity contribution in [2.75, 3.05) is 13.1 Å². The molecule has 1 saturated heterocycles. The SMILES string of the molecule is c1ccc(Oc2ccc(-c3noc(-c4ncn(C5CCCNC5)n4)n3)cn2)cc1. The van der Waals surface area contributed by atoms with Crippen LogP contribution in [0.5, 0.6) is 11.6 Å². The lowest BCUT2D eigenvalue weighted by molar-refractivity contribution is 0.345. The predicted molar refractivity (Wildman–Crippen MR) is 104 cm³/mol. The normalized spacial score (nSPS) is 16.6. The highest BCUT2D eigenvalue weighted by atomic mass is 16.5. The first-order valence-electron chi connectivity index (χ1n) is 9.50. The van der Waals surface area contributed by atoms with Gasteiger partial charge in [0.25, 0.3) is 5.89 Å². The monoisotopic (exact) mass is 389 g/mol. The van der Waals surface area contributed by atoms with Crippen LogP contribution >= 0.6 is 0 Å². The number of hydrogen-bond donors (Lipinski definition) is 1. The van der Waals surface area contributed by atoms with Crippen LogP contribution < -0.4 is 10.1 Å². The average molecular weight is 389 g/mol. The quantitative estimate of drug-likeness (QED) is 0.555. The van der Waals surface area contributed by atoms with Crippen molar-refractivity contribution in [3.8, 4) is 34.7 Å². The summed E-state index contributed by atoms with van der Waals surface area (Å²) in [5.41, 5.74) is 0.719. The van der Waals surface area contributed by atoms with Gasteiger partial charge in [-0.15, -0.1) is 5.10 Å². The van der Waals surface area contributed by atoms with Crippen LogP contribution in [-0.2, 0) is 0 Å². The molecule has 5 rings (SSSR count). The first-order chi connectivity index (χ1) is 14.3. The maximum absolute atomic E-state index is 5.70. The van der Waals surface area contributed by atoms with Crippen molar-refractivity contribution in [1.82, 2.24) is 35.2 Å². The molecule has 4 aromatic rings. The van der Waals surface area contributed by atoms with Gasteiger partial charge in [0.2, 0.25) is 17.5 Å². The number of nitrogens with zero attached hydrogens (tertiary/aromatic N) is 6. The van der Waals surface area contributed by atoms with Crippen LogP contribution in [0.4, 0.5) is 0 Å². The van der Waals surface area contributed by atoms with E-state index in [-0.39, 0.29) is 5.89 Å². The molecule has 0 bridgehead atoms. The zero-order chi connectivity index (χ0) is 19.5. The average Bonchev–Trinajstić information content (AvgIpc) is 3.46. The Labute approximate surface area is 166 Å². The molecular weight excluding hydrogens is 370 g/mol. The fourth-order valence-corrected chi connectivity index (χ4v) is 3.22. The molecule has 9 heteroatoms. The highest BCUT2D eigenvalue weighted by Crippen LogP contribution is 2.24. The number of ether oxygens (including phenoxy) is 1. The Morgan fingerprint density at radius 2 is 2.00 bits per heavy atom. The summed E-state index contributed by atoms with van der Waals surface area (Å²) in [6.45, 7) is 1.94. The topological polar surface area (TPSA) is 104 Å². The second kappa shape index (κ2) is 7.80. The minimum absolute atomic E-state index is 0.284. The van der Waals surface area contributed by atoms with E-state index in [1.165, 1.54) is 0 Å². The van der Waals surface area contributed by atoms with Crippen LogP contribution in [0, 0.1) is 0 Å². The summed E-state index contributed by atoms with van der Waals surface area (Å²) in [6, 6.07) is 13.4. The molecule has 4 heterocycles. The lowest BCUT2D eigenvalue weighted by atomic mass is 10.1. The van der Waals surface area contributed by atoms with E-state index < -0.39 is 0 Å². The van der Waals surface area contributed by atoms with Crippen molar-refractivity contribution in [1.29, 1.82) is 0 Å². The number of rotatable bonds is 5. The largest absolute Gasteiger partial charge is 0.439 e. The van der Waals surface area contributed by atoms with E-state index >= 15 is 0 Å². The molecule has 0 spiro atoms. The lowest BCUT2D eigenvalue weighted by Gasteiger charge is -2.22. The zero-order valence-electron chi connectivity index (χ0n) is 15.6.